The summed E-state index contributed by atoms with van der Waals surface area (Å²) in [6.07, 6.45) is 5.66. The third-order valence-corrected chi connectivity index (χ3v) is 3.44. The number of likely N-dealkylation sites (tertiary alicyclic amines) is 1. The van der Waals surface area contributed by atoms with Crippen LogP contribution in [0.25, 0.3) is 0 Å². The predicted octanol–water partition coefficient (Wildman–Crippen LogP) is 2.00. The summed E-state index contributed by atoms with van der Waals surface area (Å²) in [7, 11) is 0. The minimum absolute atomic E-state index is 0.000402. The lowest BCUT2D eigenvalue weighted by Crippen LogP contribution is -2.38. The second-order valence-corrected chi connectivity index (χ2v) is 4.68. The molecule has 1 aromatic rings. The highest BCUT2D eigenvalue weighted by Gasteiger charge is 2.24. The Morgan fingerprint density at radius 3 is 2.67 bits per heavy atom. The summed E-state index contributed by atoms with van der Waals surface area (Å²) in [4.78, 5) is 24.3. The summed E-state index contributed by atoms with van der Waals surface area (Å²) in [6, 6.07) is 1.67. The highest BCUT2D eigenvalue weighted by molar-refractivity contribution is 5.93. The Labute approximate surface area is 105 Å². The van der Waals surface area contributed by atoms with Gasteiger partial charge in [-0.25, -0.2) is 0 Å². The Kier molecular flexibility index (Phi) is 4.02. The second-order valence-electron chi connectivity index (χ2n) is 4.68. The number of hydrogen-bond acceptors (Lipinski definition) is 3. The van der Waals surface area contributed by atoms with Crippen LogP contribution < -0.4 is 0 Å². The van der Waals surface area contributed by atoms with Gasteiger partial charge in [-0.05, 0) is 31.2 Å². The van der Waals surface area contributed by atoms with E-state index in [0.717, 1.165) is 12.8 Å². The van der Waals surface area contributed by atoms with Crippen molar-refractivity contribution < 1.29 is 19.1 Å². The molecule has 1 fully saturated rings. The molecule has 5 heteroatoms. The predicted molar refractivity (Wildman–Crippen MR) is 64.2 cm³/mol. The number of aliphatic carboxylic acids is 1. The third kappa shape index (κ3) is 3.12. The Hall–Kier alpha value is -1.78. The first kappa shape index (κ1) is 12.7. The minimum Gasteiger partial charge on any atom is -0.481 e. The number of amides is 1. The number of piperidine rings is 1. The molecule has 2 rings (SSSR count). The van der Waals surface area contributed by atoms with Gasteiger partial charge < -0.3 is 14.4 Å². The summed E-state index contributed by atoms with van der Waals surface area (Å²) < 4.78 is 4.90. The van der Waals surface area contributed by atoms with Crippen LogP contribution in [0.2, 0.25) is 0 Å². The van der Waals surface area contributed by atoms with Crippen LogP contribution in [-0.4, -0.2) is 35.0 Å². The van der Waals surface area contributed by atoms with E-state index >= 15 is 0 Å². The number of rotatable bonds is 4. The summed E-state index contributed by atoms with van der Waals surface area (Å²) >= 11 is 0. The molecule has 0 radical (unpaired) electrons. The maximum atomic E-state index is 12.0. The Morgan fingerprint density at radius 2 is 2.11 bits per heavy atom. The zero-order valence-corrected chi connectivity index (χ0v) is 10.2. The lowest BCUT2D eigenvalue weighted by molar-refractivity contribution is -0.137. The number of carboxylic acid groups (broad SMARTS) is 1. The van der Waals surface area contributed by atoms with Crippen LogP contribution >= 0.6 is 0 Å². The van der Waals surface area contributed by atoms with E-state index < -0.39 is 5.97 Å². The van der Waals surface area contributed by atoms with Gasteiger partial charge in [0.1, 0.15) is 6.26 Å². The van der Waals surface area contributed by atoms with Crippen molar-refractivity contribution in [2.24, 2.45) is 5.92 Å². The molecule has 0 aromatic carbocycles. The SMILES string of the molecule is O=C(O)CCC1CCN(C(=O)c2ccoc2)CC1. The van der Waals surface area contributed by atoms with Crippen molar-refractivity contribution in [2.45, 2.75) is 25.7 Å². The van der Waals surface area contributed by atoms with E-state index in [-0.39, 0.29) is 12.3 Å². The van der Waals surface area contributed by atoms with Crippen molar-refractivity contribution in [3.05, 3.63) is 24.2 Å². The van der Waals surface area contributed by atoms with Crippen LogP contribution in [0.4, 0.5) is 0 Å². The van der Waals surface area contributed by atoms with Crippen molar-refractivity contribution >= 4 is 11.9 Å². The van der Waals surface area contributed by atoms with Gasteiger partial charge in [0.25, 0.3) is 5.91 Å². The Bertz CT molecular complexity index is 405. The molecule has 1 saturated heterocycles. The molecule has 5 nitrogen and oxygen atoms in total. The first-order valence-electron chi connectivity index (χ1n) is 6.20. The molecule has 0 aliphatic carbocycles. The van der Waals surface area contributed by atoms with Gasteiger partial charge in [0.15, 0.2) is 0 Å². The lowest BCUT2D eigenvalue weighted by Gasteiger charge is -2.31. The standard InChI is InChI=1S/C13H17NO4/c15-12(16)2-1-10-3-6-14(7-4-10)13(17)11-5-8-18-9-11/h5,8-10H,1-4,6-7H2,(H,15,16). The zero-order valence-electron chi connectivity index (χ0n) is 10.2. The van der Waals surface area contributed by atoms with E-state index in [1.54, 1.807) is 6.07 Å². The molecule has 1 aliphatic rings. The molecule has 1 aliphatic heterocycles. The van der Waals surface area contributed by atoms with Crippen molar-refractivity contribution in [1.29, 1.82) is 0 Å². The number of hydrogen-bond donors (Lipinski definition) is 1. The first-order valence-corrected chi connectivity index (χ1v) is 6.20. The van der Waals surface area contributed by atoms with E-state index in [2.05, 4.69) is 0 Å². The fourth-order valence-corrected chi connectivity index (χ4v) is 2.32. The molecule has 1 N–H and O–H groups in total. The Morgan fingerprint density at radius 1 is 1.39 bits per heavy atom. The number of carboxylic acids is 1. The summed E-state index contributed by atoms with van der Waals surface area (Å²) in [6.45, 7) is 1.41. The molecule has 0 atom stereocenters. The highest BCUT2D eigenvalue weighted by atomic mass is 16.4. The van der Waals surface area contributed by atoms with Crippen molar-refractivity contribution in [2.75, 3.05) is 13.1 Å². The zero-order chi connectivity index (χ0) is 13.0. The number of carbonyl (C=O) groups excluding carboxylic acids is 1. The van der Waals surface area contributed by atoms with Crippen LogP contribution in [-0.2, 0) is 4.79 Å². The number of furan rings is 1. The van der Waals surface area contributed by atoms with Gasteiger partial charge in [-0.3, -0.25) is 9.59 Å². The number of nitrogens with zero attached hydrogens (tertiary/aromatic N) is 1. The first-order chi connectivity index (χ1) is 8.66. The Balaban J connectivity index is 1.80. The molecule has 2 heterocycles. The molecule has 0 spiro atoms. The monoisotopic (exact) mass is 251 g/mol. The van der Waals surface area contributed by atoms with Gasteiger partial charge in [0.05, 0.1) is 11.8 Å². The molecule has 0 bridgehead atoms. The fourth-order valence-electron chi connectivity index (χ4n) is 2.32. The second kappa shape index (κ2) is 5.71. The average Bonchev–Trinajstić information content (AvgIpc) is 2.90. The maximum Gasteiger partial charge on any atom is 0.303 e. The minimum atomic E-state index is -0.744. The van der Waals surface area contributed by atoms with Crippen LogP contribution in [0.5, 0.6) is 0 Å². The highest BCUT2D eigenvalue weighted by Crippen LogP contribution is 2.23. The molecule has 1 aromatic heterocycles. The van der Waals surface area contributed by atoms with Gasteiger partial charge in [-0.2, -0.15) is 0 Å². The van der Waals surface area contributed by atoms with E-state index in [1.165, 1.54) is 12.5 Å². The largest absolute Gasteiger partial charge is 0.481 e. The van der Waals surface area contributed by atoms with Crippen molar-refractivity contribution in [3.63, 3.8) is 0 Å². The number of carbonyl (C=O) groups is 2. The van der Waals surface area contributed by atoms with Crippen LogP contribution in [0.3, 0.4) is 0 Å². The molecule has 0 saturated carbocycles. The van der Waals surface area contributed by atoms with Gasteiger partial charge in [0, 0.05) is 19.5 Å². The molecule has 1 amide bonds. The van der Waals surface area contributed by atoms with Crippen LogP contribution in [0.15, 0.2) is 23.0 Å². The van der Waals surface area contributed by atoms with Crippen LogP contribution in [0.1, 0.15) is 36.0 Å². The van der Waals surface area contributed by atoms with E-state index in [4.69, 9.17) is 9.52 Å². The molecular formula is C13H17NO4. The smallest absolute Gasteiger partial charge is 0.303 e. The van der Waals surface area contributed by atoms with Crippen LogP contribution in [0, 0.1) is 5.92 Å². The molecule has 18 heavy (non-hydrogen) atoms. The molecule has 0 unspecified atom stereocenters. The van der Waals surface area contributed by atoms with Gasteiger partial charge >= 0.3 is 5.97 Å². The topological polar surface area (TPSA) is 70.8 Å². The summed E-state index contributed by atoms with van der Waals surface area (Å²) in [5.74, 6) is -0.318. The van der Waals surface area contributed by atoms with Crippen molar-refractivity contribution in [3.8, 4) is 0 Å². The van der Waals surface area contributed by atoms with Gasteiger partial charge in [-0.15, -0.1) is 0 Å². The lowest BCUT2D eigenvalue weighted by atomic mass is 9.92. The quantitative estimate of drug-likeness (QED) is 0.888. The third-order valence-electron chi connectivity index (χ3n) is 3.44. The molecule has 98 valence electrons. The van der Waals surface area contributed by atoms with Gasteiger partial charge in [0.2, 0.25) is 0 Å². The maximum absolute atomic E-state index is 12.0. The normalized spacial score (nSPS) is 16.8. The molecular weight excluding hydrogens is 234 g/mol. The van der Waals surface area contributed by atoms with Gasteiger partial charge in [-0.1, -0.05) is 0 Å². The van der Waals surface area contributed by atoms with E-state index in [0.29, 0.717) is 31.0 Å². The average molecular weight is 251 g/mol. The fraction of sp³-hybridized carbons (Fsp3) is 0.538. The van der Waals surface area contributed by atoms with Crippen molar-refractivity contribution in [1.82, 2.24) is 4.90 Å². The van der Waals surface area contributed by atoms with E-state index in [9.17, 15) is 9.59 Å². The summed E-state index contributed by atoms with van der Waals surface area (Å²) in [5, 5.41) is 8.63. The van der Waals surface area contributed by atoms with E-state index in [1.807, 2.05) is 4.90 Å². The summed E-state index contributed by atoms with van der Waals surface area (Å²) in [5.41, 5.74) is 0.582.